The van der Waals surface area contributed by atoms with Crippen molar-refractivity contribution in [3.63, 3.8) is 0 Å². The molecule has 0 saturated heterocycles. The third kappa shape index (κ3) is 3.93. The van der Waals surface area contributed by atoms with Gasteiger partial charge in [0.25, 0.3) is 11.6 Å². The lowest BCUT2D eigenvalue weighted by Crippen LogP contribution is -2.26. The molecule has 0 aliphatic rings. The van der Waals surface area contributed by atoms with E-state index in [2.05, 4.69) is 15.5 Å². The lowest BCUT2D eigenvalue weighted by atomic mass is 10.1. The molecular weight excluding hydrogens is 326 g/mol. The molecular formula is C16H21N5O4. The Morgan fingerprint density at radius 1 is 1.40 bits per heavy atom. The number of hydrogen-bond acceptors (Lipinski definition) is 6. The van der Waals surface area contributed by atoms with Gasteiger partial charge in [0, 0.05) is 19.0 Å². The van der Waals surface area contributed by atoms with Crippen LogP contribution in [0.25, 0.3) is 0 Å². The Morgan fingerprint density at radius 2 is 2.12 bits per heavy atom. The van der Waals surface area contributed by atoms with Gasteiger partial charge in [-0.05, 0) is 13.0 Å². The van der Waals surface area contributed by atoms with Gasteiger partial charge in [0.1, 0.15) is 11.6 Å². The van der Waals surface area contributed by atoms with Crippen LogP contribution in [0.5, 0.6) is 5.75 Å². The highest BCUT2D eigenvalue weighted by atomic mass is 16.6. The third-order valence-electron chi connectivity index (χ3n) is 3.65. The predicted octanol–water partition coefficient (Wildman–Crippen LogP) is 2.18. The number of nitro benzene ring substituents is 1. The molecule has 2 aromatic rings. The second-order valence-corrected chi connectivity index (χ2v) is 5.71. The van der Waals surface area contributed by atoms with Gasteiger partial charge in [-0.3, -0.25) is 14.9 Å². The van der Waals surface area contributed by atoms with Gasteiger partial charge in [0.05, 0.1) is 18.1 Å². The molecule has 9 nitrogen and oxygen atoms in total. The van der Waals surface area contributed by atoms with Crippen LogP contribution in [0.4, 0.5) is 5.69 Å². The van der Waals surface area contributed by atoms with Crippen LogP contribution in [-0.2, 0) is 13.6 Å². The van der Waals surface area contributed by atoms with Crippen molar-refractivity contribution in [2.24, 2.45) is 7.05 Å². The summed E-state index contributed by atoms with van der Waals surface area (Å²) < 4.78 is 7.16. The monoisotopic (exact) mass is 347 g/mol. The molecule has 134 valence electrons. The number of carbonyl (C=O) groups excluding carboxylic acids is 1. The maximum atomic E-state index is 12.5. The molecule has 0 fully saturated rings. The first-order valence-corrected chi connectivity index (χ1v) is 7.93. The summed E-state index contributed by atoms with van der Waals surface area (Å²) in [7, 11) is 1.81. The Kier molecular flexibility index (Phi) is 5.68. The highest BCUT2D eigenvalue weighted by Gasteiger charge is 2.25. The van der Waals surface area contributed by atoms with Gasteiger partial charge in [-0.25, -0.2) is 0 Å². The van der Waals surface area contributed by atoms with Crippen molar-refractivity contribution in [1.82, 2.24) is 20.1 Å². The van der Waals surface area contributed by atoms with Gasteiger partial charge < -0.3 is 14.6 Å². The second kappa shape index (κ2) is 7.73. The maximum absolute atomic E-state index is 12.5. The lowest BCUT2D eigenvalue weighted by Gasteiger charge is -2.11. The van der Waals surface area contributed by atoms with Crippen LogP contribution in [0, 0.1) is 10.1 Å². The minimum atomic E-state index is -0.601. The fourth-order valence-corrected chi connectivity index (χ4v) is 2.46. The van der Waals surface area contributed by atoms with E-state index in [1.54, 1.807) is 11.5 Å². The predicted molar refractivity (Wildman–Crippen MR) is 90.5 cm³/mol. The zero-order valence-electron chi connectivity index (χ0n) is 14.6. The summed E-state index contributed by atoms with van der Waals surface area (Å²) in [6, 6.07) is 4.29. The highest BCUT2D eigenvalue weighted by Crippen LogP contribution is 2.28. The van der Waals surface area contributed by atoms with Crippen molar-refractivity contribution < 1.29 is 14.5 Å². The molecule has 0 bridgehead atoms. The van der Waals surface area contributed by atoms with E-state index in [4.69, 9.17) is 4.74 Å². The Balaban J connectivity index is 2.25. The molecule has 1 N–H and O–H groups in total. The van der Waals surface area contributed by atoms with Crippen LogP contribution in [0.2, 0.25) is 0 Å². The van der Waals surface area contributed by atoms with Crippen molar-refractivity contribution in [2.75, 3.05) is 6.61 Å². The number of nitro groups is 1. The maximum Gasteiger partial charge on any atom is 0.285 e. The van der Waals surface area contributed by atoms with Crippen molar-refractivity contribution in [3.8, 4) is 5.75 Å². The van der Waals surface area contributed by atoms with Crippen LogP contribution >= 0.6 is 0 Å². The summed E-state index contributed by atoms with van der Waals surface area (Å²) in [6.07, 6.45) is 0. The molecule has 0 aliphatic heterocycles. The zero-order chi connectivity index (χ0) is 18.6. The van der Waals surface area contributed by atoms with Gasteiger partial charge in [-0.2, -0.15) is 0 Å². The first-order chi connectivity index (χ1) is 11.9. The van der Waals surface area contributed by atoms with E-state index in [0.29, 0.717) is 12.4 Å². The van der Waals surface area contributed by atoms with E-state index in [9.17, 15) is 14.9 Å². The highest BCUT2D eigenvalue weighted by molar-refractivity contribution is 6.00. The Bertz CT molecular complexity index is 785. The van der Waals surface area contributed by atoms with Crippen LogP contribution in [0.1, 0.15) is 48.7 Å². The van der Waals surface area contributed by atoms with Gasteiger partial charge >= 0.3 is 0 Å². The summed E-state index contributed by atoms with van der Waals surface area (Å²) in [5.41, 5.74) is -0.398. The molecule has 9 heteroatoms. The molecule has 0 unspecified atom stereocenters. The quantitative estimate of drug-likeness (QED) is 0.607. The van der Waals surface area contributed by atoms with Crippen LogP contribution < -0.4 is 10.1 Å². The molecule has 1 aromatic carbocycles. The van der Waals surface area contributed by atoms with Crippen LogP contribution in [0.15, 0.2) is 18.2 Å². The number of nitrogens with zero attached hydrogens (tertiary/aromatic N) is 4. The minimum Gasteiger partial charge on any atom is -0.493 e. The van der Waals surface area contributed by atoms with Crippen molar-refractivity contribution in [1.29, 1.82) is 0 Å². The zero-order valence-corrected chi connectivity index (χ0v) is 14.6. The van der Waals surface area contributed by atoms with E-state index in [1.807, 2.05) is 20.9 Å². The number of nitrogens with one attached hydrogen (secondary N) is 1. The molecule has 0 atom stereocenters. The average molecular weight is 347 g/mol. The summed E-state index contributed by atoms with van der Waals surface area (Å²) in [4.78, 5) is 23.2. The third-order valence-corrected chi connectivity index (χ3v) is 3.65. The number of aromatic nitrogens is 3. The van der Waals surface area contributed by atoms with Gasteiger partial charge in [0.15, 0.2) is 11.4 Å². The molecule has 1 aromatic heterocycles. The van der Waals surface area contributed by atoms with Gasteiger partial charge in [-0.1, -0.05) is 19.9 Å². The molecule has 1 amide bonds. The fourth-order valence-electron chi connectivity index (χ4n) is 2.46. The molecule has 0 aliphatic carbocycles. The van der Waals surface area contributed by atoms with Crippen molar-refractivity contribution in [2.45, 2.75) is 33.2 Å². The van der Waals surface area contributed by atoms with Crippen LogP contribution in [-0.4, -0.2) is 32.2 Å². The molecule has 2 rings (SSSR count). The lowest BCUT2D eigenvalue weighted by molar-refractivity contribution is -0.385. The Hall–Kier alpha value is -2.97. The second-order valence-electron chi connectivity index (χ2n) is 5.71. The van der Waals surface area contributed by atoms with E-state index in [1.165, 1.54) is 18.2 Å². The summed E-state index contributed by atoms with van der Waals surface area (Å²) in [6.45, 7) is 6.13. The van der Waals surface area contributed by atoms with Crippen LogP contribution in [0.3, 0.4) is 0 Å². The largest absolute Gasteiger partial charge is 0.493 e. The summed E-state index contributed by atoms with van der Waals surface area (Å²) >= 11 is 0. The summed E-state index contributed by atoms with van der Waals surface area (Å²) in [5, 5.41) is 22.0. The number of amides is 1. The summed E-state index contributed by atoms with van der Waals surface area (Å²) in [5.74, 6) is 1.14. The normalized spacial score (nSPS) is 10.8. The van der Waals surface area contributed by atoms with Crippen molar-refractivity contribution >= 4 is 11.6 Å². The molecule has 25 heavy (non-hydrogen) atoms. The fraction of sp³-hybridized carbons (Fsp3) is 0.438. The number of hydrogen-bond donors (Lipinski definition) is 1. The minimum absolute atomic E-state index is 0.0967. The number of rotatable bonds is 7. The number of benzene rings is 1. The molecule has 0 radical (unpaired) electrons. The smallest absolute Gasteiger partial charge is 0.285 e. The van der Waals surface area contributed by atoms with E-state index in [-0.39, 0.29) is 29.5 Å². The first-order valence-electron chi connectivity index (χ1n) is 7.93. The average Bonchev–Trinajstić information content (AvgIpc) is 2.93. The van der Waals surface area contributed by atoms with Gasteiger partial charge in [0.2, 0.25) is 0 Å². The molecule has 0 saturated carbocycles. The van der Waals surface area contributed by atoms with E-state index in [0.717, 1.165) is 5.82 Å². The molecule has 0 spiro atoms. The standard InChI is InChI=1S/C16H21N5O4/c1-5-25-12-8-6-7-11(21(23)24)14(12)16(22)17-9-13-18-19-15(10(2)3)20(13)4/h6-8,10H,5,9H2,1-4H3,(H,17,22). The first kappa shape index (κ1) is 18.4. The SMILES string of the molecule is CCOc1cccc([N+](=O)[O-])c1C(=O)NCc1nnc(C(C)C)n1C. The Labute approximate surface area is 145 Å². The van der Waals surface area contributed by atoms with E-state index >= 15 is 0 Å². The molecule has 1 heterocycles. The number of carbonyl (C=O) groups is 1. The topological polar surface area (TPSA) is 112 Å². The van der Waals surface area contributed by atoms with Crippen molar-refractivity contribution in [3.05, 3.63) is 45.5 Å². The van der Waals surface area contributed by atoms with Gasteiger partial charge in [-0.15, -0.1) is 10.2 Å². The van der Waals surface area contributed by atoms with E-state index < -0.39 is 10.8 Å². The Morgan fingerprint density at radius 3 is 2.68 bits per heavy atom. The number of ether oxygens (including phenoxy) is 1.